The van der Waals surface area contributed by atoms with Crippen molar-refractivity contribution in [2.75, 3.05) is 19.7 Å². The van der Waals surface area contributed by atoms with Crippen LogP contribution in [0.4, 0.5) is 0 Å². The molecule has 0 amide bonds. The Morgan fingerprint density at radius 1 is 1.67 bits per heavy atom. The zero-order valence-electron chi connectivity index (χ0n) is 8.02. The van der Waals surface area contributed by atoms with Crippen LogP contribution in [0.3, 0.4) is 0 Å². The normalized spacial score (nSPS) is 27.1. The van der Waals surface area contributed by atoms with Crippen LogP contribution < -0.4 is 5.32 Å². The Bertz CT molecular complexity index is 177. The summed E-state index contributed by atoms with van der Waals surface area (Å²) >= 11 is 0. The molecule has 1 aliphatic rings. The molecule has 0 radical (unpaired) electrons. The highest BCUT2D eigenvalue weighted by atomic mass is 16.5. The fourth-order valence-corrected chi connectivity index (χ4v) is 1.58. The van der Waals surface area contributed by atoms with Crippen molar-refractivity contribution in [3.63, 3.8) is 0 Å². The van der Waals surface area contributed by atoms with E-state index in [1.807, 2.05) is 6.92 Å². The molecule has 3 nitrogen and oxygen atoms in total. The molecule has 1 aliphatic heterocycles. The van der Waals surface area contributed by atoms with Crippen LogP contribution in [0.5, 0.6) is 0 Å². The number of carbonyl (C=O) groups excluding carboxylic acids is 1. The number of ether oxygens (including phenoxy) is 1. The van der Waals surface area contributed by atoms with Crippen LogP contribution in [-0.2, 0) is 9.53 Å². The molecule has 0 aromatic heterocycles. The number of carbonyl (C=O) groups is 1. The van der Waals surface area contributed by atoms with Gasteiger partial charge in [-0.15, -0.1) is 0 Å². The van der Waals surface area contributed by atoms with Crippen molar-refractivity contribution in [1.29, 1.82) is 0 Å². The van der Waals surface area contributed by atoms with E-state index in [0.29, 0.717) is 6.61 Å². The molecule has 70 valence electrons. The fourth-order valence-electron chi connectivity index (χ4n) is 1.58. The van der Waals surface area contributed by atoms with Gasteiger partial charge in [0.15, 0.2) is 0 Å². The molecule has 1 heterocycles. The van der Waals surface area contributed by atoms with E-state index in [9.17, 15) is 4.79 Å². The lowest BCUT2D eigenvalue weighted by Crippen LogP contribution is -2.30. The van der Waals surface area contributed by atoms with Gasteiger partial charge in [-0.1, -0.05) is 13.8 Å². The third-order valence-electron chi connectivity index (χ3n) is 2.44. The predicted octanol–water partition coefficient (Wildman–Crippen LogP) is 0.795. The average molecular weight is 171 g/mol. The third-order valence-corrected chi connectivity index (χ3v) is 2.44. The first-order chi connectivity index (χ1) is 5.58. The van der Waals surface area contributed by atoms with Crippen LogP contribution in [0.25, 0.3) is 0 Å². The summed E-state index contributed by atoms with van der Waals surface area (Å²) in [6.45, 7) is 8.16. The van der Waals surface area contributed by atoms with Crippen molar-refractivity contribution in [2.24, 2.45) is 11.3 Å². The van der Waals surface area contributed by atoms with Gasteiger partial charge < -0.3 is 10.1 Å². The smallest absolute Gasteiger partial charge is 0.310 e. The summed E-state index contributed by atoms with van der Waals surface area (Å²) in [5.74, 6) is -0.0371. The molecule has 0 aliphatic carbocycles. The minimum absolute atomic E-state index is 0.0254. The second kappa shape index (κ2) is 3.44. The number of esters is 1. The first kappa shape index (κ1) is 9.52. The van der Waals surface area contributed by atoms with Gasteiger partial charge in [0.05, 0.1) is 12.5 Å². The molecule has 12 heavy (non-hydrogen) atoms. The highest BCUT2D eigenvalue weighted by Gasteiger charge is 2.40. The van der Waals surface area contributed by atoms with Gasteiger partial charge in [-0.3, -0.25) is 4.79 Å². The minimum Gasteiger partial charge on any atom is -0.466 e. The Morgan fingerprint density at radius 3 is 2.75 bits per heavy atom. The third kappa shape index (κ3) is 1.78. The number of rotatable bonds is 2. The number of hydrogen-bond acceptors (Lipinski definition) is 3. The van der Waals surface area contributed by atoms with Crippen LogP contribution in [0.2, 0.25) is 0 Å². The number of hydrogen-bond donors (Lipinski definition) is 1. The molecule has 0 saturated carbocycles. The summed E-state index contributed by atoms with van der Waals surface area (Å²) in [5, 5.41) is 3.20. The lowest BCUT2D eigenvalue weighted by Gasteiger charge is -2.23. The molecule has 0 bridgehead atoms. The minimum atomic E-state index is -0.0625. The fraction of sp³-hybridized carbons (Fsp3) is 0.889. The second-order valence-electron chi connectivity index (χ2n) is 3.92. The van der Waals surface area contributed by atoms with E-state index < -0.39 is 0 Å². The quantitative estimate of drug-likeness (QED) is 0.624. The van der Waals surface area contributed by atoms with Crippen LogP contribution in [0.1, 0.15) is 20.8 Å². The van der Waals surface area contributed by atoms with Crippen molar-refractivity contribution < 1.29 is 9.53 Å². The lowest BCUT2D eigenvalue weighted by molar-refractivity contribution is -0.150. The second-order valence-corrected chi connectivity index (χ2v) is 3.92. The maximum Gasteiger partial charge on any atom is 0.310 e. The molecule has 0 unspecified atom stereocenters. The molecule has 1 saturated heterocycles. The standard InChI is InChI=1S/C9H17NO2/c1-4-12-8(11)7-5-10-6-9(7,2)3/h7,10H,4-6H2,1-3H3/t7-/m1/s1. The van der Waals surface area contributed by atoms with Gasteiger partial charge in [0.25, 0.3) is 0 Å². The Balaban J connectivity index is 2.56. The molecule has 0 spiro atoms. The molecule has 1 rings (SSSR count). The van der Waals surface area contributed by atoms with Gasteiger partial charge in [0.1, 0.15) is 0 Å². The van der Waals surface area contributed by atoms with E-state index in [1.165, 1.54) is 0 Å². The van der Waals surface area contributed by atoms with Gasteiger partial charge in [-0.2, -0.15) is 0 Å². The predicted molar refractivity (Wildman–Crippen MR) is 46.8 cm³/mol. The molecule has 1 fully saturated rings. The zero-order chi connectivity index (χ0) is 9.19. The summed E-state index contributed by atoms with van der Waals surface area (Å²) < 4.78 is 4.98. The van der Waals surface area contributed by atoms with E-state index in [1.54, 1.807) is 0 Å². The summed E-state index contributed by atoms with van der Waals surface area (Å²) in [7, 11) is 0. The van der Waals surface area contributed by atoms with Gasteiger partial charge in [-0.25, -0.2) is 0 Å². The van der Waals surface area contributed by atoms with Crippen molar-refractivity contribution in [1.82, 2.24) is 5.32 Å². The highest BCUT2D eigenvalue weighted by molar-refractivity contribution is 5.74. The molecule has 0 aromatic rings. The first-order valence-electron chi connectivity index (χ1n) is 4.45. The molecule has 1 N–H and O–H groups in total. The molecular weight excluding hydrogens is 154 g/mol. The largest absolute Gasteiger partial charge is 0.466 e. The topological polar surface area (TPSA) is 38.3 Å². The van der Waals surface area contributed by atoms with Crippen molar-refractivity contribution >= 4 is 5.97 Å². The summed E-state index contributed by atoms with van der Waals surface area (Å²) in [5.41, 5.74) is 0.0479. The Labute approximate surface area is 73.5 Å². The van der Waals surface area contributed by atoms with Crippen molar-refractivity contribution in [3.8, 4) is 0 Å². The van der Waals surface area contributed by atoms with Crippen LogP contribution in [-0.4, -0.2) is 25.7 Å². The SMILES string of the molecule is CCOC(=O)[C@H]1CNCC1(C)C. The van der Waals surface area contributed by atoms with Gasteiger partial charge >= 0.3 is 5.97 Å². The highest BCUT2D eigenvalue weighted by Crippen LogP contribution is 2.30. The van der Waals surface area contributed by atoms with Crippen LogP contribution >= 0.6 is 0 Å². The maximum atomic E-state index is 11.4. The molecule has 3 heteroatoms. The van der Waals surface area contributed by atoms with Gasteiger partial charge in [-0.05, 0) is 12.3 Å². The number of nitrogens with one attached hydrogen (secondary N) is 1. The Morgan fingerprint density at radius 2 is 2.33 bits per heavy atom. The maximum absolute atomic E-state index is 11.4. The summed E-state index contributed by atoms with van der Waals surface area (Å²) in [6, 6.07) is 0. The van der Waals surface area contributed by atoms with Crippen LogP contribution in [0.15, 0.2) is 0 Å². The average Bonchev–Trinajstić information content (AvgIpc) is 2.30. The van der Waals surface area contributed by atoms with E-state index in [0.717, 1.165) is 13.1 Å². The van der Waals surface area contributed by atoms with Crippen molar-refractivity contribution in [3.05, 3.63) is 0 Å². The molecule has 0 aromatic carbocycles. The summed E-state index contributed by atoms with van der Waals surface area (Å²) in [4.78, 5) is 11.4. The Hall–Kier alpha value is -0.570. The Kier molecular flexibility index (Phi) is 2.73. The first-order valence-corrected chi connectivity index (χ1v) is 4.45. The summed E-state index contributed by atoms with van der Waals surface area (Å²) in [6.07, 6.45) is 0. The molecule has 1 atom stereocenters. The van der Waals surface area contributed by atoms with E-state index in [2.05, 4.69) is 19.2 Å². The molecular formula is C9H17NO2. The van der Waals surface area contributed by atoms with Crippen LogP contribution in [0, 0.1) is 11.3 Å². The van der Waals surface area contributed by atoms with Gasteiger partial charge in [0.2, 0.25) is 0 Å². The van der Waals surface area contributed by atoms with E-state index in [-0.39, 0.29) is 17.3 Å². The van der Waals surface area contributed by atoms with Crippen molar-refractivity contribution in [2.45, 2.75) is 20.8 Å². The van der Waals surface area contributed by atoms with E-state index in [4.69, 9.17) is 4.74 Å². The van der Waals surface area contributed by atoms with E-state index >= 15 is 0 Å². The lowest BCUT2D eigenvalue weighted by atomic mass is 9.82. The monoisotopic (exact) mass is 171 g/mol. The van der Waals surface area contributed by atoms with Gasteiger partial charge in [0, 0.05) is 13.1 Å². The zero-order valence-corrected chi connectivity index (χ0v) is 8.02.